The number of esters is 1. The summed E-state index contributed by atoms with van der Waals surface area (Å²) in [6.07, 6.45) is 10.4. The molecule has 0 unspecified atom stereocenters. The number of hydrogen-bond donors (Lipinski definition) is 2. The zero-order valence-electron chi connectivity index (χ0n) is 22.0. The Morgan fingerprint density at radius 1 is 1.09 bits per heavy atom. The predicted molar refractivity (Wildman–Crippen MR) is 132 cm³/mol. The van der Waals surface area contributed by atoms with Crippen molar-refractivity contribution in [3.8, 4) is 0 Å². The first-order valence-electron chi connectivity index (χ1n) is 13.7. The van der Waals surface area contributed by atoms with Gasteiger partial charge in [0, 0.05) is 12.3 Å². The summed E-state index contributed by atoms with van der Waals surface area (Å²) in [5, 5.41) is 23.7. The summed E-state index contributed by atoms with van der Waals surface area (Å²) in [6.45, 7) is 13.2. The average Bonchev–Trinajstić information content (AvgIpc) is 2.99. The third-order valence-electron chi connectivity index (χ3n) is 10.7. The lowest BCUT2D eigenvalue weighted by molar-refractivity contribution is -0.168. The fourth-order valence-electron chi connectivity index (χ4n) is 8.76. The van der Waals surface area contributed by atoms with Crippen molar-refractivity contribution in [2.75, 3.05) is 0 Å². The lowest BCUT2D eigenvalue weighted by Crippen LogP contribution is -2.60. The third kappa shape index (κ3) is 4.11. The van der Waals surface area contributed by atoms with Crippen LogP contribution in [0.4, 0.5) is 0 Å². The molecule has 33 heavy (non-hydrogen) atoms. The molecule has 3 saturated carbocycles. The molecule has 0 aromatic heterocycles. The maximum absolute atomic E-state index is 12.3. The van der Waals surface area contributed by atoms with Gasteiger partial charge in [0.05, 0.1) is 11.7 Å². The van der Waals surface area contributed by atoms with Gasteiger partial charge < -0.3 is 14.9 Å². The van der Waals surface area contributed by atoms with Crippen LogP contribution in [-0.2, 0) is 9.53 Å². The van der Waals surface area contributed by atoms with E-state index in [0.29, 0.717) is 17.8 Å². The van der Waals surface area contributed by atoms with E-state index in [1.807, 2.05) is 0 Å². The monoisotopic (exact) mass is 460 g/mol. The third-order valence-corrected chi connectivity index (χ3v) is 10.7. The van der Waals surface area contributed by atoms with Crippen LogP contribution < -0.4 is 0 Å². The van der Waals surface area contributed by atoms with Crippen LogP contribution in [0.2, 0.25) is 0 Å². The molecule has 0 saturated heterocycles. The highest BCUT2D eigenvalue weighted by molar-refractivity contribution is 5.66. The Morgan fingerprint density at radius 3 is 2.48 bits per heavy atom. The van der Waals surface area contributed by atoms with Gasteiger partial charge in [-0.1, -0.05) is 53.9 Å². The zero-order valence-corrected chi connectivity index (χ0v) is 22.0. The second-order valence-electron chi connectivity index (χ2n) is 13.0. The van der Waals surface area contributed by atoms with Gasteiger partial charge in [0.2, 0.25) is 0 Å². The Kier molecular flexibility index (Phi) is 6.86. The molecule has 3 fully saturated rings. The van der Waals surface area contributed by atoms with Crippen LogP contribution >= 0.6 is 0 Å². The molecular weight excluding hydrogens is 412 g/mol. The number of rotatable bonds is 6. The van der Waals surface area contributed by atoms with Gasteiger partial charge in [0.15, 0.2) is 0 Å². The van der Waals surface area contributed by atoms with E-state index in [1.165, 1.54) is 37.3 Å². The van der Waals surface area contributed by atoms with E-state index >= 15 is 0 Å². The minimum atomic E-state index is -0.831. The Balaban J connectivity index is 1.60. The number of carbonyl (C=O) groups excluding carboxylic acids is 1. The van der Waals surface area contributed by atoms with Crippen molar-refractivity contribution < 1.29 is 19.7 Å². The Morgan fingerprint density at radius 2 is 1.82 bits per heavy atom. The number of hydrogen-bond acceptors (Lipinski definition) is 4. The molecule has 0 bridgehead atoms. The van der Waals surface area contributed by atoms with Crippen LogP contribution in [0.25, 0.3) is 0 Å². The van der Waals surface area contributed by atoms with Crippen LogP contribution in [0.1, 0.15) is 112 Å². The molecule has 8 atom stereocenters. The van der Waals surface area contributed by atoms with Crippen LogP contribution in [0, 0.1) is 34.5 Å². The molecular formula is C29H48O4. The topological polar surface area (TPSA) is 66.8 Å². The Bertz CT molecular complexity index is 786. The summed E-state index contributed by atoms with van der Waals surface area (Å²) in [5.74, 6) is 2.00. The maximum Gasteiger partial charge on any atom is 0.302 e. The van der Waals surface area contributed by atoms with Crippen LogP contribution in [0.3, 0.4) is 0 Å². The summed E-state index contributed by atoms with van der Waals surface area (Å²) >= 11 is 0. The van der Waals surface area contributed by atoms with Crippen molar-refractivity contribution >= 4 is 5.97 Å². The van der Waals surface area contributed by atoms with Gasteiger partial charge in [-0.05, 0) is 91.6 Å². The highest BCUT2D eigenvalue weighted by atomic mass is 16.5. The molecule has 4 rings (SSSR count). The van der Waals surface area contributed by atoms with Crippen molar-refractivity contribution in [1.29, 1.82) is 0 Å². The molecule has 188 valence electrons. The van der Waals surface area contributed by atoms with Gasteiger partial charge in [-0.25, -0.2) is 0 Å². The van der Waals surface area contributed by atoms with Crippen molar-refractivity contribution in [2.24, 2.45) is 34.5 Å². The second-order valence-corrected chi connectivity index (χ2v) is 13.0. The second kappa shape index (κ2) is 8.97. The molecule has 0 heterocycles. The van der Waals surface area contributed by atoms with Gasteiger partial charge >= 0.3 is 5.97 Å². The molecule has 0 amide bonds. The molecule has 0 radical (unpaired) electrons. The lowest BCUT2D eigenvalue weighted by Gasteiger charge is -2.61. The first-order chi connectivity index (χ1) is 15.4. The number of aliphatic hydroxyl groups excluding tert-OH is 1. The minimum absolute atomic E-state index is 0.0103. The van der Waals surface area contributed by atoms with E-state index in [2.05, 4.69) is 34.6 Å². The fraction of sp³-hybridized carbons (Fsp3) is 0.897. The van der Waals surface area contributed by atoms with E-state index < -0.39 is 11.7 Å². The van der Waals surface area contributed by atoms with Crippen LogP contribution in [0.5, 0.6) is 0 Å². The summed E-state index contributed by atoms with van der Waals surface area (Å²) < 4.78 is 5.57. The predicted octanol–water partition coefficient (Wildman–Crippen LogP) is 6.19. The molecule has 4 nitrogen and oxygen atoms in total. The minimum Gasteiger partial charge on any atom is -0.463 e. The maximum atomic E-state index is 12.3. The fourth-order valence-corrected chi connectivity index (χ4v) is 8.76. The zero-order chi connectivity index (χ0) is 24.2. The van der Waals surface area contributed by atoms with E-state index in [0.717, 1.165) is 57.3 Å². The lowest BCUT2D eigenvalue weighted by atomic mass is 9.46. The summed E-state index contributed by atoms with van der Waals surface area (Å²) in [7, 11) is 0. The molecule has 4 heteroatoms. The van der Waals surface area contributed by atoms with E-state index in [9.17, 15) is 15.0 Å². The van der Waals surface area contributed by atoms with Gasteiger partial charge in [-0.15, -0.1) is 0 Å². The van der Waals surface area contributed by atoms with Gasteiger partial charge in [0.25, 0.3) is 0 Å². The number of fused-ring (bicyclic) bond motifs is 4. The molecule has 0 aromatic carbocycles. The van der Waals surface area contributed by atoms with Crippen LogP contribution in [0.15, 0.2) is 11.1 Å². The first-order valence-corrected chi connectivity index (χ1v) is 13.7. The van der Waals surface area contributed by atoms with Crippen molar-refractivity contribution in [3.05, 3.63) is 11.1 Å². The number of ether oxygens (including phenoxy) is 1. The number of aliphatic hydroxyl groups is 2. The van der Waals surface area contributed by atoms with Gasteiger partial charge in [0.1, 0.15) is 6.10 Å². The average molecular weight is 461 g/mol. The van der Waals surface area contributed by atoms with E-state index in [1.54, 1.807) is 0 Å². The van der Waals surface area contributed by atoms with Crippen molar-refractivity contribution in [2.45, 2.75) is 130 Å². The molecule has 2 N–H and O–H groups in total. The largest absolute Gasteiger partial charge is 0.463 e. The smallest absolute Gasteiger partial charge is 0.302 e. The highest BCUT2D eigenvalue weighted by Crippen LogP contribution is 2.67. The van der Waals surface area contributed by atoms with E-state index in [4.69, 9.17) is 4.74 Å². The Labute approximate surface area is 201 Å². The van der Waals surface area contributed by atoms with Gasteiger partial charge in [-0.2, -0.15) is 0 Å². The van der Waals surface area contributed by atoms with Crippen molar-refractivity contribution in [1.82, 2.24) is 0 Å². The Hall–Kier alpha value is -0.870. The molecule has 4 aliphatic carbocycles. The summed E-state index contributed by atoms with van der Waals surface area (Å²) in [4.78, 5) is 11.5. The normalized spacial score (nSPS) is 43.7. The SMILES string of the molecule is CC(=O)O[C@H]1CC[C@@]2(C)[C@@H](CCC3=C4[C@@H](O)C[C@H]([C@H](C)CCCC(C)C)[C@@]4(C)CC[C@@]32O)C1. The van der Waals surface area contributed by atoms with Crippen molar-refractivity contribution in [3.63, 3.8) is 0 Å². The van der Waals surface area contributed by atoms with Crippen LogP contribution in [-0.4, -0.2) is 34.0 Å². The summed E-state index contributed by atoms with van der Waals surface area (Å²) in [6, 6.07) is 0. The molecule has 4 aliphatic rings. The molecule has 0 aliphatic heterocycles. The first kappa shape index (κ1) is 25.2. The summed E-state index contributed by atoms with van der Waals surface area (Å²) in [5.41, 5.74) is 1.37. The molecule has 0 aromatic rings. The van der Waals surface area contributed by atoms with E-state index in [-0.39, 0.29) is 22.9 Å². The van der Waals surface area contributed by atoms with Gasteiger partial charge in [-0.3, -0.25) is 4.79 Å². The highest BCUT2D eigenvalue weighted by Gasteiger charge is 2.64. The number of carbonyl (C=O) groups is 1. The standard InChI is InChI=1S/C29H48O4/c1-18(2)8-7-9-19(3)24-17-25(31)26-23-11-10-21-16-22(33-20(4)30)12-13-28(21,6)29(23,32)15-14-27(24,26)5/h18-19,21-22,24-25,31-32H,7-17H2,1-6H3/t19-,21+,22+,24-,25+,27-,28+,29-/m1/s1. The quantitative estimate of drug-likeness (QED) is 0.366. The molecule has 0 spiro atoms.